The van der Waals surface area contributed by atoms with E-state index in [0.717, 1.165) is 89.3 Å². The van der Waals surface area contributed by atoms with Crippen LogP contribution in [0.3, 0.4) is 0 Å². The van der Waals surface area contributed by atoms with E-state index in [4.69, 9.17) is 9.73 Å². The third-order valence-corrected chi connectivity index (χ3v) is 6.10. The smallest absolute Gasteiger partial charge is 0.236 e. The lowest BCUT2D eigenvalue weighted by molar-refractivity contribution is -0.133. The van der Waals surface area contributed by atoms with E-state index in [9.17, 15) is 4.79 Å². The van der Waals surface area contributed by atoms with Gasteiger partial charge in [-0.15, -0.1) is 34.2 Å². The van der Waals surface area contributed by atoms with Crippen molar-refractivity contribution in [2.75, 3.05) is 66.1 Å². The van der Waals surface area contributed by atoms with Gasteiger partial charge in [-0.1, -0.05) is 0 Å². The van der Waals surface area contributed by atoms with Crippen molar-refractivity contribution in [2.24, 2.45) is 12.0 Å². The molecule has 1 aromatic heterocycles. The summed E-state index contributed by atoms with van der Waals surface area (Å²) in [4.78, 5) is 24.0. The van der Waals surface area contributed by atoms with Crippen LogP contribution in [-0.4, -0.2) is 107 Å². The monoisotopic (exact) mass is 562 g/mol. The Balaban J connectivity index is 0.00000363. The highest BCUT2D eigenvalue weighted by atomic mass is 127. The third kappa shape index (κ3) is 7.84. The number of nitrogens with zero attached hydrogens (tertiary/aromatic N) is 7. The highest BCUT2D eigenvalue weighted by Gasteiger charge is 2.24. The van der Waals surface area contributed by atoms with Crippen LogP contribution < -0.4 is 5.32 Å². The van der Waals surface area contributed by atoms with E-state index in [1.54, 1.807) is 7.11 Å². The molecule has 2 aliphatic rings. The van der Waals surface area contributed by atoms with E-state index >= 15 is 0 Å². The van der Waals surface area contributed by atoms with Crippen LogP contribution >= 0.6 is 24.0 Å². The van der Waals surface area contributed by atoms with Gasteiger partial charge >= 0.3 is 0 Å². The minimum atomic E-state index is 0. The van der Waals surface area contributed by atoms with Gasteiger partial charge in [0.2, 0.25) is 5.91 Å². The molecule has 3 heterocycles. The highest BCUT2D eigenvalue weighted by molar-refractivity contribution is 14.0. The van der Waals surface area contributed by atoms with Crippen LogP contribution in [0.1, 0.15) is 37.3 Å². The molecule has 1 aromatic rings. The number of ether oxygens (including phenoxy) is 1. The van der Waals surface area contributed by atoms with Gasteiger partial charge in [-0.3, -0.25) is 9.69 Å². The van der Waals surface area contributed by atoms with Gasteiger partial charge in [-0.25, -0.2) is 4.99 Å². The van der Waals surface area contributed by atoms with Crippen LogP contribution in [0.4, 0.5) is 0 Å². The first-order valence-corrected chi connectivity index (χ1v) is 11.5. The maximum Gasteiger partial charge on any atom is 0.236 e. The van der Waals surface area contributed by atoms with Crippen LogP contribution in [0.2, 0.25) is 0 Å². The summed E-state index contributed by atoms with van der Waals surface area (Å²) >= 11 is 0. The summed E-state index contributed by atoms with van der Waals surface area (Å²) in [6.45, 7) is 9.73. The van der Waals surface area contributed by atoms with Crippen molar-refractivity contribution < 1.29 is 9.53 Å². The molecule has 0 unspecified atom stereocenters. The number of amides is 1. The van der Waals surface area contributed by atoms with Gasteiger partial charge in [0.25, 0.3) is 0 Å². The van der Waals surface area contributed by atoms with Crippen molar-refractivity contribution in [1.82, 2.24) is 34.8 Å². The lowest BCUT2D eigenvalue weighted by Gasteiger charge is -2.37. The summed E-state index contributed by atoms with van der Waals surface area (Å²) in [7, 11) is 3.68. The number of rotatable bonds is 8. The first kappa shape index (κ1) is 26.8. The van der Waals surface area contributed by atoms with Gasteiger partial charge in [0.05, 0.1) is 6.54 Å². The van der Waals surface area contributed by atoms with Crippen LogP contribution in [0, 0.1) is 6.92 Å². The Morgan fingerprint density at radius 1 is 1.06 bits per heavy atom. The number of piperazine rings is 1. The lowest BCUT2D eigenvalue weighted by Crippen LogP contribution is -2.54. The number of aliphatic imine (C=N–C) groups is 1. The van der Waals surface area contributed by atoms with E-state index in [1.807, 2.05) is 23.4 Å². The summed E-state index contributed by atoms with van der Waals surface area (Å²) in [6.07, 6.45) is 4.44. The number of nitrogens with one attached hydrogen (secondary N) is 1. The zero-order valence-corrected chi connectivity index (χ0v) is 22.1. The maximum absolute atomic E-state index is 12.6. The molecule has 2 saturated heterocycles. The first-order valence-electron chi connectivity index (χ1n) is 11.5. The molecule has 0 aromatic carbocycles. The normalized spacial score (nSPS) is 17.9. The molecular weight excluding hydrogens is 523 g/mol. The molecule has 0 radical (unpaired) electrons. The van der Waals surface area contributed by atoms with E-state index in [-0.39, 0.29) is 29.9 Å². The van der Waals surface area contributed by atoms with Gasteiger partial charge in [0.15, 0.2) is 11.8 Å². The molecule has 0 spiro atoms. The number of halogens is 1. The zero-order valence-electron chi connectivity index (χ0n) is 19.8. The predicted octanol–water partition coefficient (Wildman–Crippen LogP) is 0.854. The van der Waals surface area contributed by atoms with E-state index in [0.29, 0.717) is 13.1 Å². The SMILES string of the molecule is COCCCNC(=NCc1nnc(C)n1C)N1CCN(CC(=O)N2CCCCC2)CC1.I. The van der Waals surface area contributed by atoms with Crippen molar-refractivity contribution in [2.45, 2.75) is 39.2 Å². The van der Waals surface area contributed by atoms with Crippen LogP contribution in [0.15, 0.2) is 4.99 Å². The second-order valence-corrected chi connectivity index (χ2v) is 8.34. The second kappa shape index (κ2) is 13.9. The van der Waals surface area contributed by atoms with Crippen LogP contribution in [0.25, 0.3) is 0 Å². The molecule has 182 valence electrons. The zero-order chi connectivity index (χ0) is 22.1. The van der Waals surface area contributed by atoms with Crippen LogP contribution in [0.5, 0.6) is 0 Å². The van der Waals surface area contributed by atoms with Gasteiger partial charge in [0.1, 0.15) is 12.4 Å². The van der Waals surface area contributed by atoms with Gasteiger partial charge in [-0.05, 0) is 32.6 Å². The molecule has 0 saturated carbocycles. The van der Waals surface area contributed by atoms with Crippen molar-refractivity contribution in [3.8, 4) is 0 Å². The Bertz CT molecular complexity index is 727. The number of aryl methyl sites for hydroxylation is 1. The Hall–Kier alpha value is -1.47. The summed E-state index contributed by atoms with van der Waals surface area (Å²) in [5.74, 6) is 2.89. The fraction of sp³-hybridized carbons (Fsp3) is 0.810. The molecule has 0 bridgehead atoms. The molecule has 10 nitrogen and oxygen atoms in total. The fourth-order valence-electron chi connectivity index (χ4n) is 3.97. The van der Waals surface area contributed by atoms with Gasteiger partial charge in [-0.2, -0.15) is 0 Å². The predicted molar refractivity (Wildman–Crippen MR) is 135 cm³/mol. The molecule has 2 fully saturated rings. The Labute approximate surface area is 208 Å². The molecule has 1 N–H and O–H groups in total. The minimum absolute atomic E-state index is 0. The Morgan fingerprint density at radius 3 is 2.41 bits per heavy atom. The second-order valence-electron chi connectivity index (χ2n) is 8.34. The molecule has 1 amide bonds. The Kier molecular flexibility index (Phi) is 11.7. The number of piperidine rings is 1. The maximum atomic E-state index is 12.6. The number of likely N-dealkylation sites (tertiary alicyclic amines) is 1. The van der Waals surface area contributed by atoms with E-state index < -0.39 is 0 Å². The largest absolute Gasteiger partial charge is 0.385 e. The van der Waals surface area contributed by atoms with Crippen molar-refractivity contribution in [3.05, 3.63) is 11.6 Å². The summed E-state index contributed by atoms with van der Waals surface area (Å²) in [5.41, 5.74) is 0. The van der Waals surface area contributed by atoms with Crippen molar-refractivity contribution in [3.63, 3.8) is 0 Å². The topological polar surface area (TPSA) is 91.1 Å². The third-order valence-electron chi connectivity index (χ3n) is 6.10. The summed E-state index contributed by atoms with van der Waals surface area (Å²) in [5, 5.41) is 11.8. The van der Waals surface area contributed by atoms with Crippen molar-refractivity contribution in [1.29, 1.82) is 0 Å². The average Bonchev–Trinajstić information content (AvgIpc) is 3.12. The van der Waals surface area contributed by atoms with Crippen molar-refractivity contribution >= 4 is 35.8 Å². The number of carbonyl (C=O) groups is 1. The first-order chi connectivity index (χ1) is 15.1. The lowest BCUT2D eigenvalue weighted by atomic mass is 10.1. The van der Waals surface area contributed by atoms with E-state index in [2.05, 4.69) is 25.3 Å². The number of aromatic nitrogens is 3. The minimum Gasteiger partial charge on any atom is -0.385 e. The summed E-state index contributed by atoms with van der Waals surface area (Å²) in [6, 6.07) is 0. The average molecular weight is 563 g/mol. The molecule has 3 rings (SSSR count). The number of hydrogen-bond acceptors (Lipinski definition) is 6. The molecular formula is C21H39IN8O2. The van der Waals surface area contributed by atoms with Crippen LogP contribution in [-0.2, 0) is 23.1 Å². The molecule has 11 heteroatoms. The molecule has 2 aliphatic heterocycles. The fourth-order valence-corrected chi connectivity index (χ4v) is 3.97. The number of guanidine groups is 1. The number of methoxy groups -OCH3 is 1. The summed E-state index contributed by atoms with van der Waals surface area (Å²) < 4.78 is 7.13. The quantitative estimate of drug-likeness (QED) is 0.218. The highest BCUT2D eigenvalue weighted by Crippen LogP contribution is 2.10. The van der Waals surface area contributed by atoms with Gasteiger partial charge in [0, 0.05) is 66.6 Å². The number of carbonyl (C=O) groups excluding carboxylic acids is 1. The number of hydrogen-bond donors (Lipinski definition) is 1. The Morgan fingerprint density at radius 2 is 1.78 bits per heavy atom. The van der Waals surface area contributed by atoms with E-state index in [1.165, 1.54) is 6.42 Å². The molecule has 32 heavy (non-hydrogen) atoms. The molecule has 0 atom stereocenters. The molecule has 0 aliphatic carbocycles. The standard InChI is InChI=1S/C21H38N8O2.HI/c1-18-24-25-19(26(18)2)16-23-21(22-8-7-15-31-3)29-13-11-27(12-14-29)17-20(30)28-9-5-4-6-10-28;/h4-17H2,1-3H3,(H,22,23);1H. The van der Waals surface area contributed by atoms with Gasteiger partial charge < -0.3 is 24.4 Å².